The quantitative estimate of drug-likeness (QED) is 0.00595. The van der Waals surface area contributed by atoms with Crippen LogP contribution < -0.4 is 99.5 Å². The van der Waals surface area contributed by atoms with Crippen LogP contribution in [-0.4, -0.2) is 186 Å². The molecule has 710 valence electrons. The van der Waals surface area contributed by atoms with Gasteiger partial charge in [0.2, 0.25) is 0 Å². The van der Waals surface area contributed by atoms with Crippen molar-refractivity contribution in [2.45, 2.75) is 188 Å². The summed E-state index contributed by atoms with van der Waals surface area (Å²) < 4.78 is 135. The van der Waals surface area contributed by atoms with E-state index in [1.165, 1.54) is 60.7 Å². The SMILES string of the molecule is CNCC(=O)O[C@@H]1CC2(NC(=O)COc3ccc(Cl)c(F)c3)CCC1(NC(=O)COc1ccc(C)c(F)c1)CC2.Cc1ccc(OCC(=O)NC23CCC(NC(=O)COc4ccc(Cl)c(F)c4)(CC2)C[C@@H]3OC(=O)N[C@H](CCC(=O)O)C(=O)O)cc1F.Cc1ccc(OCC(=O)NC23CCC(NC(=O)COc4ccc(Cl)c(F)c4)(CC2)C[C@@H]3OC(=O)c2ccc[n+](C)c2)cc1F.[I-]. The average molecular weight is 2020 g/mol. The maximum absolute atomic E-state index is 13.9. The fourth-order valence-corrected chi connectivity index (χ4v) is 17.3. The van der Waals surface area contributed by atoms with E-state index in [4.69, 9.17) is 82.5 Å². The first-order valence-corrected chi connectivity index (χ1v) is 43.0. The molecule has 9 aliphatic carbocycles. The highest BCUT2D eigenvalue weighted by Gasteiger charge is 2.61. The number of hydrogen-bond donors (Lipinski definition) is 10. The minimum atomic E-state index is -1.56. The van der Waals surface area contributed by atoms with Gasteiger partial charge in [0.25, 0.3) is 35.4 Å². The van der Waals surface area contributed by atoms with Crippen LogP contribution in [0.25, 0.3) is 0 Å². The van der Waals surface area contributed by atoms with Crippen molar-refractivity contribution in [1.82, 2.24) is 42.5 Å². The maximum Gasteiger partial charge on any atom is 0.408 e. The predicted molar refractivity (Wildman–Crippen MR) is 457 cm³/mol. The number of halogens is 10. The first-order valence-electron chi connectivity index (χ1n) is 41.9. The Kier molecular flexibility index (Phi) is 35.1. The first-order chi connectivity index (χ1) is 62.2. The third-order valence-electron chi connectivity index (χ3n) is 24.1. The number of carboxylic acids is 2. The van der Waals surface area contributed by atoms with Crippen LogP contribution in [0.5, 0.6) is 34.5 Å². The Hall–Kier alpha value is -11.6. The Bertz CT molecular complexity index is 5420. The summed E-state index contributed by atoms with van der Waals surface area (Å²) in [4.78, 5) is 139. The second kappa shape index (κ2) is 45.2. The van der Waals surface area contributed by atoms with Crippen LogP contribution in [-0.2, 0) is 64.4 Å². The number of rotatable bonds is 35. The number of aryl methyl sites for hydroxylation is 4. The van der Waals surface area contributed by atoms with Gasteiger partial charge in [-0.05, 0) is 189 Å². The number of benzene rings is 6. The average Bonchev–Trinajstić information content (AvgIpc) is 0.744. The van der Waals surface area contributed by atoms with E-state index in [0.717, 1.165) is 24.3 Å². The lowest BCUT2D eigenvalue weighted by atomic mass is 9.59. The molecule has 9 aliphatic rings. The molecule has 10 N–H and O–H groups in total. The number of fused-ring (bicyclic) bond motifs is 9. The van der Waals surface area contributed by atoms with Crippen LogP contribution in [0.15, 0.2) is 134 Å². The number of aliphatic carboxylic acids is 2. The van der Waals surface area contributed by atoms with Crippen molar-refractivity contribution in [1.29, 1.82) is 0 Å². The summed E-state index contributed by atoms with van der Waals surface area (Å²) in [7, 11) is 3.40. The zero-order valence-corrected chi connectivity index (χ0v) is 76.7. The molecule has 4 atom stereocenters. The summed E-state index contributed by atoms with van der Waals surface area (Å²) in [5.41, 5.74) is -3.47. The van der Waals surface area contributed by atoms with Crippen molar-refractivity contribution in [3.63, 3.8) is 0 Å². The van der Waals surface area contributed by atoms with Gasteiger partial charge in [-0.3, -0.25) is 38.4 Å². The number of esters is 2. The molecular weight excluding hydrogens is 1920 g/mol. The van der Waals surface area contributed by atoms with Crippen molar-refractivity contribution in [2.24, 2.45) is 7.05 Å². The molecule has 31 nitrogen and oxygen atoms in total. The van der Waals surface area contributed by atoms with E-state index in [1.807, 2.05) is 0 Å². The smallest absolute Gasteiger partial charge is 0.408 e. The number of amides is 7. The van der Waals surface area contributed by atoms with Gasteiger partial charge in [-0.25, -0.2) is 45.3 Å². The van der Waals surface area contributed by atoms with Crippen LogP contribution in [0.1, 0.15) is 136 Å². The molecular formula is C91H99Cl3F6IN9O22. The highest BCUT2D eigenvalue weighted by Crippen LogP contribution is 2.52. The summed E-state index contributed by atoms with van der Waals surface area (Å²) in [5, 5.41) is 41.0. The van der Waals surface area contributed by atoms with E-state index < -0.39 is 184 Å². The van der Waals surface area contributed by atoms with E-state index in [9.17, 15) is 84.2 Å². The second-order valence-electron chi connectivity index (χ2n) is 33.4. The maximum atomic E-state index is 13.9. The summed E-state index contributed by atoms with van der Waals surface area (Å²) in [6.07, 6.45) is 4.35. The number of carbonyl (C=O) groups is 11. The molecule has 132 heavy (non-hydrogen) atoms. The fraction of sp³-hybridized carbons (Fsp3) is 0.429. The van der Waals surface area contributed by atoms with Crippen molar-refractivity contribution in [2.75, 3.05) is 53.2 Å². The van der Waals surface area contributed by atoms with Gasteiger partial charge in [0.15, 0.2) is 52.0 Å². The Morgan fingerprint density at radius 1 is 0.424 bits per heavy atom. The Morgan fingerprint density at radius 3 is 1.02 bits per heavy atom. The number of nitrogens with zero attached hydrogens (tertiary/aromatic N) is 1. The third-order valence-corrected chi connectivity index (χ3v) is 25.0. The van der Waals surface area contributed by atoms with Gasteiger partial charge in [0, 0.05) is 84.8 Å². The van der Waals surface area contributed by atoms with Gasteiger partial charge >= 0.3 is 30.0 Å². The van der Waals surface area contributed by atoms with Gasteiger partial charge in [-0.2, -0.15) is 0 Å². The molecule has 0 aliphatic heterocycles. The number of ether oxygens (including phenoxy) is 9. The Labute approximate surface area is 786 Å². The van der Waals surface area contributed by atoms with Gasteiger partial charge in [0.1, 0.15) is 106 Å². The first kappa shape index (κ1) is 102. The lowest BCUT2D eigenvalue weighted by molar-refractivity contribution is -0.671. The summed E-state index contributed by atoms with van der Waals surface area (Å²) >= 11 is 17.1. The highest BCUT2D eigenvalue weighted by atomic mass is 127. The van der Waals surface area contributed by atoms with Crippen LogP contribution >= 0.6 is 34.8 Å². The number of nitrogens with one attached hydrogen (secondary N) is 8. The normalized spacial score (nSPS) is 22.3. The second-order valence-corrected chi connectivity index (χ2v) is 34.6. The minimum absolute atomic E-state index is 0. The summed E-state index contributed by atoms with van der Waals surface area (Å²) in [6.45, 7) is 2.48. The van der Waals surface area contributed by atoms with Crippen molar-refractivity contribution in [3.05, 3.63) is 206 Å². The summed E-state index contributed by atoms with van der Waals surface area (Å²) in [5.74, 6) is -9.04. The molecule has 9 saturated carbocycles. The lowest BCUT2D eigenvalue weighted by Crippen LogP contribution is -3.00. The van der Waals surface area contributed by atoms with Crippen LogP contribution in [0.3, 0.4) is 0 Å². The standard InChI is InChI=1S/C32H32ClF2N3O6.C31H34ClF2N3O10.C28H32ClF2N3O6.HI/c1-20-5-6-22(14-25(20)34)43-19-29(40)37-32-11-9-31(10-12-32,16-27(32)44-30(41)21-4-3-13-38(2)17-21)36-28(39)18-42-23-7-8-24(33)26(35)15-23;1-17-2-3-18(12-21(17)33)46-16-26(39)37-31-10-8-30(9-11-31,36-25(38)15-45-19-4-5-20(32)22(34)13-19)14-24(31)47-29(44)35-23(28(42)43)6-7-27(40)41;1-17-3-4-18(11-21(17)30)39-16-25(36)34-28-9-7-27(8-10-28,13-23(28)40-26(37)14-32-2)33-24(35)15-38-19-5-6-20(29)22(31)12-19;/h3-8,13-15,17,27H,9-12,16,18-19H2,1-2H3,(H-,36,37,39,40);2-5,12-13,23-24H,6-11,14-16H2,1H3,(H,35,44)(H,36,38)(H,37,39)(H,40,41)(H,42,43);3-6,11-12,23,32H,7-10,13-16H2,1-2H3,(H,33,35)(H,34,36);1H/t27-,31?,32?;23-,24+,30?,31?;23-,27?,28?;/m011./s1. The van der Waals surface area contributed by atoms with Crippen LogP contribution in [0.2, 0.25) is 15.1 Å². The zero-order chi connectivity index (χ0) is 94.8. The van der Waals surface area contributed by atoms with E-state index in [-0.39, 0.29) is 139 Å². The molecule has 1 heterocycles. The molecule has 41 heteroatoms. The number of pyridine rings is 1. The van der Waals surface area contributed by atoms with Gasteiger partial charge in [0.05, 0.1) is 38.2 Å². The van der Waals surface area contributed by atoms with Crippen molar-refractivity contribution in [3.8, 4) is 34.5 Å². The van der Waals surface area contributed by atoms with Crippen molar-refractivity contribution >= 4 is 100 Å². The predicted octanol–water partition coefficient (Wildman–Crippen LogP) is 7.81. The number of carbonyl (C=O) groups excluding carboxylic acids is 9. The lowest BCUT2D eigenvalue weighted by Gasteiger charge is -2.57. The molecule has 0 unspecified atom stereocenters. The topological polar surface area (TPSA) is 411 Å². The van der Waals surface area contributed by atoms with E-state index in [1.54, 1.807) is 88.2 Å². The highest BCUT2D eigenvalue weighted by molar-refractivity contribution is 6.31. The number of carboxylic acid groups (broad SMARTS) is 2. The molecule has 6 bridgehead atoms. The third kappa shape index (κ3) is 27.5. The molecule has 0 saturated heterocycles. The largest absolute Gasteiger partial charge is 1.00 e. The molecule has 7 aromatic rings. The van der Waals surface area contributed by atoms with Crippen molar-refractivity contribution < 1.29 is 160 Å². The van der Waals surface area contributed by atoms with Gasteiger partial charge in [-0.1, -0.05) is 53.0 Å². The van der Waals surface area contributed by atoms with E-state index >= 15 is 0 Å². The van der Waals surface area contributed by atoms with Gasteiger partial charge < -0.3 is 119 Å². The van der Waals surface area contributed by atoms with E-state index in [0.29, 0.717) is 86.5 Å². The zero-order valence-electron chi connectivity index (χ0n) is 72.3. The van der Waals surface area contributed by atoms with Crippen LogP contribution in [0, 0.1) is 55.7 Å². The van der Waals surface area contributed by atoms with Gasteiger partial charge in [-0.15, -0.1) is 0 Å². The summed E-state index contributed by atoms with van der Waals surface area (Å²) in [6, 6.07) is 26.2. The molecule has 6 aromatic carbocycles. The molecule has 0 spiro atoms. The van der Waals surface area contributed by atoms with Crippen LogP contribution in [0.4, 0.5) is 31.1 Å². The fourth-order valence-electron chi connectivity index (χ4n) is 17.0. The minimum Gasteiger partial charge on any atom is -1.00 e. The van der Waals surface area contributed by atoms with E-state index in [2.05, 4.69) is 42.5 Å². The molecule has 16 rings (SSSR count). The number of hydrogen-bond acceptors (Lipinski definition) is 21. The monoisotopic (exact) mass is 2020 g/mol. The molecule has 0 radical (unpaired) electrons. The Balaban J connectivity index is 0.000000205. The molecule has 9 fully saturated rings. The number of aromatic nitrogens is 1. The number of likely N-dealkylation sites (N-methyl/N-ethyl adjacent to an activating group) is 1. The number of alkyl carbamates (subject to hydrolysis) is 1. The molecule has 1 aromatic heterocycles. The molecule has 7 amide bonds. The Morgan fingerprint density at radius 2 is 0.727 bits per heavy atom.